The fourth-order valence-electron chi connectivity index (χ4n) is 1.70. The third-order valence-corrected chi connectivity index (χ3v) is 3.61. The van der Waals surface area contributed by atoms with Crippen molar-refractivity contribution in [3.8, 4) is 0 Å². The molecule has 150 valence electrons. The smallest absolute Gasteiger partial charge is 0.173 e. The summed E-state index contributed by atoms with van der Waals surface area (Å²) in [6, 6.07) is 2.70. The lowest BCUT2D eigenvalue weighted by Gasteiger charge is -2.06. The molecule has 27 heavy (non-hydrogen) atoms. The zero-order chi connectivity index (χ0) is 20.7. The molecular weight excluding hydrogens is 442 g/mol. The van der Waals surface area contributed by atoms with Crippen LogP contribution in [0.4, 0.5) is 26.3 Å². The Morgan fingerprint density at radius 3 is 1.85 bits per heavy atom. The van der Waals surface area contributed by atoms with E-state index >= 15 is 0 Å². The number of hydrogen-bond donors (Lipinski definition) is 1. The van der Waals surface area contributed by atoms with Gasteiger partial charge in [0.25, 0.3) is 0 Å². The van der Waals surface area contributed by atoms with E-state index in [1.165, 1.54) is 6.92 Å². The van der Waals surface area contributed by atoms with Crippen molar-refractivity contribution >= 4 is 15.9 Å². The second kappa shape index (κ2) is 10.7. The van der Waals surface area contributed by atoms with Crippen LogP contribution < -0.4 is 0 Å². The summed E-state index contributed by atoms with van der Waals surface area (Å²) in [6.07, 6.45) is -0.337. The maximum atomic E-state index is 12.9. The molecule has 1 saturated heterocycles. The molecule has 2 aromatic rings. The van der Waals surface area contributed by atoms with Crippen molar-refractivity contribution in [2.45, 2.75) is 32.5 Å². The van der Waals surface area contributed by atoms with E-state index in [1.54, 1.807) is 0 Å². The molecule has 1 fully saturated rings. The summed E-state index contributed by atoms with van der Waals surface area (Å²) in [6.45, 7) is 4.46. The number of aliphatic hydroxyl groups excluding tert-OH is 1. The summed E-state index contributed by atoms with van der Waals surface area (Å²) in [4.78, 5) is 0. The molecule has 0 aromatic heterocycles. The Labute approximate surface area is 160 Å². The lowest BCUT2D eigenvalue weighted by atomic mass is 10.1. The second-order valence-corrected chi connectivity index (χ2v) is 6.60. The van der Waals surface area contributed by atoms with Crippen molar-refractivity contribution in [1.29, 1.82) is 0 Å². The molecular formula is C18H17BrF6O2. The molecule has 0 aliphatic carbocycles. The molecule has 0 radical (unpaired) electrons. The molecule has 0 saturated carbocycles. The summed E-state index contributed by atoms with van der Waals surface area (Å²) in [5, 5.41) is 8.90. The van der Waals surface area contributed by atoms with Crippen molar-refractivity contribution in [3.05, 3.63) is 69.2 Å². The van der Waals surface area contributed by atoms with Crippen LogP contribution in [0.15, 0.2) is 28.7 Å². The molecule has 2 atom stereocenters. The van der Waals surface area contributed by atoms with Crippen molar-refractivity contribution in [2.75, 3.05) is 6.61 Å². The van der Waals surface area contributed by atoms with E-state index in [4.69, 9.17) is 9.84 Å². The molecule has 2 nitrogen and oxygen atoms in total. The SMILES string of the molecule is C[C@@H](O)Cc1cc(F)cc(F)c1F.C[C@@H]1CO1.Fc1cc(F)c(F)c(Br)c1. The summed E-state index contributed by atoms with van der Waals surface area (Å²) < 4.78 is 79.2. The Hall–Kier alpha value is -1.58. The van der Waals surface area contributed by atoms with Gasteiger partial charge in [-0.1, -0.05) is 0 Å². The van der Waals surface area contributed by atoms with Crippen LogP contribution in [0, 0.1) is 34.9 Å². The predicted molar refractivity (Wildman–Crippen MR) is 91.1 cm³/mol. The van der Waals surface area contributed by atoms with Gasteiger partial charge in [-0.15, -0.1) is 0 Å². The number of benzene rings is 2. The van der Waals surface area contributed by atoms with Gasteiger partial charge in [-0.2, -0.15) is 0 Å². The number of halogens is 7. The Kier molecular flexibility index (Phi) is 9.28. The van der Waals surface area contributed by atoms with Crippen molar-refractivity contribution in [2.24, 2.45) is 0 Å². The first-order valence-corrected chi connectivity index (χ1v) is 8.53. The van der Waals surface area contributed by atoms with Crippen LogP contribution in [0.5, 0.6) is 0 Å². The molecule has 0 bridgehead atoms. The number of hydrogen-bond acceptors (Lipinski definition) is 2. The minimum absolute atomic E-state index is 0.0967. The molecule has 1 aliphatic heterocycles. The molecule has 0 unspecified atom stereocenters. The number of rotatable bonds is 2. The first-order valence-electron chi connectivity index (χ1n) is 7.74. The third-order valence-electron chi connectivity index (χ3n) is 3.03. The largest absolute Gasteiger partial charge is 0.393 e. The first-order chi connectivity index (χ1) is 12.5. The first kappa shape index (κ1) is 23.5. The predicted octanol–water partition coefficient (Wildman–Crippen LogP) is 5.30. The molecule has 1 heterocycles. The van der Waals surface area contributed by atoms with E-state index in [2.05, 4.69) is 22.9 Å². The molecule has 9 heteroatoms. The van der Waals surface area contributed by atoms with Crippen LogP contribution in [0.25, 0.3) is 0 Å². The van der Waals surface area contributed by atoms with Gasteiger partial charge in [-0.25, -0.2) is 26.3 Å². The molecule has 0 spiro atoms. The standard InChI is InChI=1S/C9H9F3O.C6H2BrF3.C3H6O/c1-5(13)2-6-3-7(10)4-8(11)9(6)12;7-4-1-3(8)2-5(9)6(4)10;1-3-2-4-3/h3-5,13H,2H2,1H3;1-2H;3H,2H2,1H3/t5-;;3-/m1.1/s1. The molecule has 1 N–H and O–H groups in total. The zero-order valence-corrected chi connectivity index (χ0v) is 16.0. The van der Waals surface area contributed by atoms with Gasteiger partial charge < -0.3 is 9.84 Å². The molecule has 0 amide bonds. The van der Waals surface area contributed by atoms with Gasteiger partial charge in [0.15, 0.2) is 23.3 Å². The molecule has 1 aliphatic rings. The minimum atomic E-state index is -1.23. The maximum Gasteiger partial charge on any atom is 0.173 e. The quantitative estimate of drug-likeness (QED) is 0.286. The highest BCUT2D eigenvalue weighted by molar-refractivity contribution is 9.10. The van der Waals surface area contributed by atoms with Gasteiger partial charge in [-0.3, -0.25) is 0 Å². The Morgan fingerprint density at radius 1 is 1.00 bits per heavy atom. The summed E-state index contributed by atoms with van der Waals surface area (Å²) in [5.41, 5.74) is -0.146. The highest BCUT2D eigenvalue weighted by atomic mass is 79.9. The van der Waals surface area contributed by atoms with Crippen LogP contribution in [0.1, 0.15) is 19.4 Å². The third kappa shape index (κ3) is 8.77. The van der Waals surface area contributed by atoms with Gasteiger partial charge in [0.2, 0.25) is 0 Å². The fourth-order valence-corrected chi connectivity index (χ4v) is 2.10. The normalized spacial score (nSPS) is 15.9. The monoisotopic (exact) mass is 458 g/mol. The minimum Gasteiger partial charge on any atom is -0.393 e. The van der Waals surface area contributed by atoms with Crippen molar-refractivity contribution < 1.29 is 36.2 Å². The average Bonchev–Trinajstić information content (AvgIpc) is 3.33. The van der Waals surface area contributed by atoms with Gasteiger partial charge in [-0.05, 0) is 47.5 Å². The summed E-state index contributed by atoms with van der Waals surface area (Å²) in [7, 11) is 0. The number of ether oxygens (including phenoxy) is 1. The fraction of sp³-hybridized carbons (Fsp3) is 0.333. The van der Waals surface area contributed by atoms with E-state index in [-0.39, 0.29) is 16.5 Å². The van der Waals surface area contributed by atoms with E-state index in [9.17, 15) is 26.3 Å². The van der Waals surface area contributed by atoms with E-state index < -0.39 is 41.0 Å². The molecule has 3 rings (SSSR count). The van der Waals surface area contributed by atoms with Gasteiger partial charge in [0, 0.05) is 18.6 Å². The van der Waals surface area contributed by atoms with Gasteiger partial charge >= 0.3 is 0 Å². The topological polar surface area (TPSA) is 32.8 Å². The lowest BCUT2D eigenvalue weighted by Crippen LogP contribution is -2.07. The van der Waals surface area contributed by atoms with E-state index in [0.717, 1.165) is 18.7 Å². The number of aliphatic hydroxyl groups is 1. The number of epoxide rings is 1. The van der Waals surface area contributed by atoms with Crippen LogP contribution in [0.3, 0.4) is 0 Å². The van der Waals surface area contributed by atoms with Crippen LogP contribution in [-0.2, 0) is 11.2 Å². The lowest BCUT2D eigenvalue weighted by molar-refractivity contribution is 0.193. The average molecular weight is 459 g/mol. The van der Waals surface area contributed by atoms with Gasteiger partial charge in [0.05, 0.1) is 23.3 Å². The van der Waals surface area contributed by atoms with Gasteiger partial charge in [0.1, 0.15) is 11.6 Å². The second-order valence-electron chi connectivity index (χ2n) is 5.74. The zero-order valence-electron chi connectivity index (χ0n) is 14.4. The van der Waals surface area contributed by atoms with Crippen LogP contribution in [0.2, 0.25) is 0 Å². The Balaban J connectivity index is 0.000000228. The van der Waals surface area contributed by atoms with Crippen molar-refractivity contribution in [1.82, 2.24) is 0 Å². The maximum absolute atomic E-state index is 12.9. The van der Waals surface area contributed by atoms with E-state index in [0.29, 0.717) is 18.2 Å². The van der Waals surface area contributed by atoms with Crippen molar-refractivity contribution in [3.63, 3.8) is 0 Å². The summed E-state index contributed by atoms with van der Waals surface area (Å²) >= 11 is 2.64. The highest BCUT2D eigenvalue weighted by Crippen LogP contribution is 2.19. The van der Waals surface area contributed by atoms with E-state index in [1.807, 2.05) is 0 Å². The molecule has 2 aromatic carbocycles. The highest BCUT2D eigenvalue weighted by Gasteiger charge is 2.13. The Bertz CT molecular complexity index is 743. The van der Waals surface area contributed by atoms with Crippen LogP contribution >= 0.6 is 15.9 Å². The summed E-state index contributed by atoms with van der Waals surface area (Å²) in [5.74, 6) is -6.22. The Morgan fingerprint density at radius 2 is 1.44 bits per heavy atom. The van der Waals surface area contributed by atoms with Crippen LogP contribution in [-0.4, -0.2) is 23.9 Å².